The maximum absolute atomic E-state index is 12.0. The average molecular weight is 334 g/mol. The van der Waals surface area contributed by atoms with Crippen LogP contribution in [0, 0.1) is 23.2 Å². The molecular weight excluding hydrogens is 308 g/mol. The molecule has 0 radical (unpaired) electrons. The predicted molar refractivity (Wildman–Crippen MR) is 91.6 cm³/mol. The summed E-state index contributed by atoms with van der Waals surface area (Å²) < 4.78 is 6.88. The van der Waals surface area contributed by atoms with Crippen LogP contribution in [0.4, 0.5) is 0 Å². The highest BCUT2D eigenvalue weighted by Crippen LogP contribution is 2.27. The number of H-pyrrole nitrogens is 1. The van der Waals surface area contributed by atoms with Gasteiger partial charge in [-0.2, -0.15) is 0 Å². The van der Waals surface area contributed by atoms with Crippen molar-refractivity contribution in [3.05, 3.63) is 32.6 Å². The Kier molecular flexibility index (Phi) is 5.36. The molecular formula is C18H26N2O4. The molecule has 1 aliphatic rings. The highest BCUT2D eigenvalue weighted by molar-refractivity contribution is 5.31. The third-order valence-electron chi connectivity index (χ3n) is 4.09. The minimum absolute atomic E-state index is 0.226. The first kappa shape index (κ1) is 18.5. The molecule has 2 rings (SSSR count). The minimum Gasteiger partial charge on any atom is -0.390 e. The van der Waals surface area contributed by atoms with Crippen LogP contribution in [0.5, 0.6) is 0 Å². The van der Waals surface area contributed by atoms with E-state index in [0.29, 0.717) is 12.3 Å². The maximum atomic E-state index is 12.0. The summed E-state index contributed by atoms with van der Waals surface area (Å²) in [6, 6.07) is 0. The Morgan fingerprint density at radius 1 is 1.46 bits per heavy atom. The number of rotatable bonds is 3. The number of ether oxygens (including phenoxy) is 1. The lowest BCUT2D eigenvalue weighted by molar-refractivity contribution is -0.0101. The zero-order valence-electron chi connectivity index (χ0n) is 14.9. The lowest BCUT2D eigenvalue weighted by Gasteiger charge is -2.19. The molecule has 3 atom stereocenters. The topological polar surface area (TPSA) is 84.3 Å². The molecule has 132 valence electrons. The molecule has 1 aromatic heterocycles. The molecule has 1 aliphatic heterocycles. The summed E-state index contributed by atoms with van der Waals surface area (Å²) in [5.41, 5.74) is -1.06. The number of aliphatic hydroxyl groups is 1. The van der Waals surface area contributed by atoms with Gasteiger partial charge in [0, 0.05) is 18.0 Å². The van der Waals surface area contributed by atoms with Crippen LogP contribution >= 0.6 is 0 Å². The van der Waals surface area contributed by atoms with Crippen molar-refractivity contribution in [3.8, 4) is 11.8 Å². The number of nitrogens with zero attached hydrogens (tertiary/aromatic N) is 1. The Morgan fingerprint density at radius 2 is 2.12 bits per heavy atom. The number of aromatic amines is 1. The van der Waals surface area contributed by atoms with E-state index < -0.39 is 23.6 Å². The van der Waals surface area contributed by atoms with Gasteiger partial charge in [-0.3, -0.25) is 14.3 Å². The highest BCUT2D eigenvalue weighted by atomic mass is 16.5. The van der Waals surface area contributed by atoms with Crippen molar-refractivity contribution in [3.63, 3.8) is 0 Å². The van der Waals surface area contributed by atoms with Gasteiger partial charge < -0.3 is 9.84 Å². The van der Waals surface area contributed by atoms with Crippen LogP contribution in [0.1, 0.15) is 59.3 Å². The summed E-state index contributed by atoms with van der Waals surface area (Å²) >= 11 is 0. The number of aromatic nitrogens is 2. The van der Waals surface area contributed by atoms with Gasteiger partial charge in [-0.1, -0.05) is 25.7 Å². The van der Waals surface area contributed by atoms with Crippen molar-refractivity contribution in [2.75, 3.05) is 0 Å². The van der Waals surface area contributed by atoms with E-state index in [1.54, 1.807) is 6.92 Å². The quantitative estimate of drug-likeness (QED) is 0.823. The van der Waals surface area contributed by atoms with Crippen LogP contribution in [-0.2, 0) is 4.74 Å². The van der Waals surface area contributed by atoms with E-state index >= 15 is 0 Å². The van der Waals surface area contributed by atoms with Gasteiger partial charge in [0.15, 0.2) is 0 Å². The molecule has 6 nitrogen and oxygen atoms in total. The van der Waals surface area contributed by atoms with Crippen molar-refractivity contribution in [1.82, 2.24) is 9.55 Å². The van der Waals surface area contributed by atoms with Crippen LogP contribution in [0.25, 0.3) is 0 Å². The molecule has 1 fully saturated rings. The Bertz CT molecular complexity index is 754. The second-order valence-corrected chi connectivity index (χ2v) is 7.54. The van der Waals surface area contributed by atoms with Crippen molar-refractivity contribution in [2.24, 2.45) is 11.3 Å². The summed E-state index contributed by atoms with van der Waals surface area (Å²) in [6.07, 6.45) is 1.06. The van der Waals surface area contributed by atoms with Crippen LogP contribution < -0.4 is 11.2 Å². The van der Waals surface area contributed by atoms with Gasteiger partial charge in [-0.25, -0.2) is 4.79 Å². The Hall–Kier alpha value is -1.84. The molecule has 0 aliphatic carbocycles. The van der Waals surface area contributed by atoms with E-state index in [2.05, 4.69) is 30.7 Å². The number of aliphatic hydroxyl groups excluding tert-OH is 1. The molecule has 6 heteroatoms. The van der Waals surface area contributed by atoms with E-state index in [0.717, 1.165) is 6.42 Å². The molecule has 1 aromatic rings. The van der Waals surface area contributed by atoms with Gasteiger partial charge in [-0.05, 0) is 33.1 Å². The standard InChI is InChI=1S/C18H26N2O4/c1-11(2)9-18(4,5)7-6-13-10-20(17(23)19-16(13)22)15-8-14(21)12(3)24-15/h10-12,14-15,21H,8-9H2,1-5H3,(H,19,22,23)/t12-,14?,15-/m1/s1. The van der Waals surface area contributed by atoms with Crippen LogP contribution in [0.3, 0.4) is 0 Å². The van der Waals surface area contributed by atoms with E-state index in [1.807, 2.05) is 13.8 Å². The number of nitrogens with one attached hydrogen (secondary N) is 1. The monoisotopic (exact) mass is 334 g/mol. The molecule has 2 N–H and O–H groups in total. The van der Waals surface area contributed by atoms with Crippen molar-refractivity contribution >= 4 is 0 Å². The molecule has 0 bridgehead atoms. The summed E-state index contributed by atoms with van der Waals surface area (Å²) in [7, 11) is 0. The SMILES string of the molecule is CC(C)CC(C)(C)C#Cc1cn([C@H]2CC(O)[C@@H](C)O2)c(=O)[nH]c1=O. The number of hydrogen-bond donors (Lipinski definition) is 2. The molecule has 0 amide bonds. The first-order chi connectivity index (χ1) is 11.1. The smallest absolute Gasteiger partial charge is 0.330 e. The average Bonchev–Trinajstić information content (AvgIpc) is 2.76. The van der Waals surface area contributed by atoms with Gasteiger partial charge in [-0.15, -0.1) is 0 Å². The lowest BCUT2D eigenvalue weighted by Crippen LogP contribution is -2.33. The third kappa shape index (κ3) is 4.37. The largest absolute Gasteiger partial charge is 0.390 e. The van der Waals surface area contributed by atoms with Crippen LogP contribution in [-0.4, -0.2) is 26.9 Å². The molecule has 24 heavy (non-hydrogen) atoms. The van der Waals surface area contributed by atoms with E-state index in [1.165, 1.54) is 10.8 Å². The summed E-state index contributed by atoms with van der Waals surface area (Å²) in [4.78, 5) is 26.3. The zero-order chi connectivity index (χ0) is 18.1. The first-order valence-electron chi connectivity index (χ1n) is 8.31. The molecule has 1 unspecified atom stereocenters. The van der Waals surface area contributed by atoms with E-state index in [9.17, 15) is 14.7 Å². The van der Waals surface area contributed by atoms with Crippen molar-refractivity contribution < 1.29 is 9.84 Å². The summed E-state index contributed by atoms with van der Waals surface area (Å²) in [6.45, 7) is 10.1. The lowest BCUT2D eigenvalue weighted by atomic mass is 9.84. The number of hydrogen-bond acceptors (Lipinski definition) is 4. The first-order valence-corrected chi connectivity index (χ1v) is 8.31. The fraction of sp³-hybridized carbons (Fsp3) is 0.667. The Labute approximate surface area is 141 Å². The fourth-order valence-corrected chi connectivity index (χ4v) is 3.07. The zero-order valence-corrected chi connectivity index (χ0v) is 14.9. The maximum Gasteiger partial charge on any atom is 0.330 e. The van der Waals surface area contributed by atoms with Crippen LogP contribution in [0.15, 0.2) is 15.8 Å². The minimum atomic E-state index is -0.631. The molecule has 1 saturated heterocycles. The van der Waals surface area contributed by atoms with Gasteiger partial charge in [0.25, 0.3) is 5.56 Å². The molecule has 0 aromatic carbocycles. The van der Waals surface area contributed by atoms with Gasteiger partial charge in [0.2, 0.25) is 0 Å². The van der Waals surface area contributed by atoms with E-state index in [4.69, 9.17) is 4.74 Å². The van der Waals surface area contributed by atoms with Gasteiger partial charge in [0.1, 0.15) is 11.8 Å². The fourth-order valence-electron chi connectivity index (χ4n) is 3.07. The second kappa shape index (κ2) is 6.96. The normalized spacial score (nSPS) is 24.0. The van der Waals surface area contributed by atoms with Crippen LogP contribution in [0.2, 0.25) is 0 Å². The molecule has 0 saturated carbocycles. The highest BCUT2D eigenvalue weighted by Gasteiger charge is 2.32. The third-order valence-corrected chi connectivity index (χ3v) is 4.09. The summed E-state index contributed by atoms with van der Waals surface area (Å²) in [5.74, 6) is 6.52. The van der Waals surface area contributed by atoms with Gasteiger partial charge >= 0.3 is 5.69 Å². The molecule has 0 spiro atoms. The molecule has 2 heterocycles. The summed E-state index contributed by atoms with van der Waals surface area (Å²) in [5, 5.41) is 9.80. The van der Waals surface area contributed by atoms with Crippen molar-refractivity contribution in [2.45, 2.75) is 65.9 Å². The van der Waals surface area contributed by atoms with Gasteiger partial charge in [0.05, 0.1) is 12.2 Å². The second-order valence-electron chi connectivity index (χ2n) is 7.54. The van der Waals surface area contributed by atoms with E-state index in [-0.39, 0.29) is 17.1 Å². The Balaban J connectivity index is 2.35. The Morgan fingerprint density at radius 3 is 2.67 bits per heavy atom. The predicted octanol–water partition coefficient (Wildman–Crippen LogP) is 1.63. The van der Waals surface area contributed by atoms with Crippen molar-refractivity contribution in [1.29, 1.82) is 0 Å².